The van der Waals surface area contributed by atoms with Gasteiger partial charge in [-0.25, -0.2) is 0 Å². The molecule has 0 aliphatic heterocycles. The smallest absolute Gasteiger partial charge is 0.241 e. The number of ether oxygens (including phenoxy) is 2. The zero-order chi connectivity index (χ0) is 12.8. The lowest BCUT2D eigenvalue weighted by Crippen LogP contribution is -2.31. The van der Waals surface area contributed by atoms with Crippen LogP contribution >= 0.6 is 11.6 Å². The topological polar surface area (TPSA) is 38.8 Å². The number of benzene rings is 1. The molecule has 1 aromatic rings. The maximum absolute atomic E-state index is 11.6. The summed E-state index contributed by atoms with van der Waals surface area (Å²) in [5.74, 6) is 1.04. The summed E-state index contributed by atoms with van der Waals surface area (Å²) in [4.78, 5) is 13.2. The van der Waals surface area contributed by atoms with Crippen LogP contribution in [0.2, 0.25) is 0 Å². The molecule has 0 radical (unpaired) electrons. The number of halogens is 1. The predicted octanol–water partition coefficient (Wildman–Crippen LogP) is 2.30. The molecule has 94 valence electrons. The highest BCUT2D eigenvalue weighted by atomic mass is 35.5. The van der Waals surface area contributed by atoms with Gasteiger partial charge in [0.2, 0.25) is 5.91 Å². The first kappa shape index (κ1) is 13.6. The van der Waals surface area contributed by atoms with Gasteiger partial charge in [0.25, 0.3) is 0 Å². The lowest BCUT2D eigenvalue weighted by atomic mass is 10.2. The normalized spacial score (nSPS) is 9.88. The van der Waals surface area contributed by atoms with Crippen molar-refractivity contribution < 1.29 is 14.3 Å². The number of alkyl halides is 1. The first-order valence-electron chi connectivity index (χ1n) is 5.26. The second-order valence-electron chi connectivity index (χ2n) is 3.31. The van der Waals surface area contributed by atoms with E-state index in [-0.39, 0.29) is 11.8 Å². The molecule has 0 heterocycles. The fourth-order valence-corrected chi connectivity index (χ4v) is 1.71. The van der Waals surface area contributed by atoms with Crippen molar-refractivity contribution >= 4 is 23.2 Å². The fraction of sp³-hybridized carbons (Fsp3) is 0.417. The van der Waals surface area contributed by atoms with Crippen LogP contribution in [0.1, 0.15) is 6.92 Å². The average molecular weight is 258 g/mol. The van der Waals surface area contributed by atoms with Gasteiger partial charge in [0.05, 0.1) is 14.2 Å². The summed E-state index contributed by atoms with van der Waals surface area (Å²) in [6, 6.07) is 5.32. The molecule has 0 spiro atoms. The number of nitrogens with zero attached hydrogens (tertiary/aromatic N) is 1. The Morgan fingerprint density at radius 2 is 1.94 bits per heavy atom. The minimum atomic E-state index is -0.138. The first-order valence-corrected chi connectivity index (χ1v) is 5.79. The highest BCUT2D eigenvalue weighted by Gasteiger charge is 2.14. The molecular formula is C12H16ClNO3. The molecule has 0 saturated carbocycles. The maximum atomic E-state index is 11.6. The van der Waals surface area contributed by atoms with Crippen molar-refractivity contribution in [3.8, 4) is 11.5 Å². The summed E-state index contributed by atoms with van der Waals surface area (Å²) in [6.07, 6.45) is 0. The molecule has 1 rings (SSSR count). The third-order valence-corrected chi connectivity index (χ3v) is 2.64. The molecule has 0 aromatic heterocycles. The lowest BCUT2D eigenvalue weighted by molar-refractivity contribution is -0.116. The molecule has 0 aliphatic carbocycles. The Kier molecular flexibility index (Phi) is 5.10. The Morgan fingerprint density at radius 3 is 2.41 bits per heavy atom. The van der Waals surface area contributed by atoms with E-state index in [1.165, 1.54) is 0 Å². The van der Waals surface area contributed by atoms with Crippen molar-refractivity contribution in [3.63, 3.8) is 0 Å². The Hall–Kier alpha value is -1.42. The van der Waals surface area contributed by atoms with E-state index in [9.17, 15) is 4.79 Å². The van der Waals surface area contributed by atoms with Crippen molar-refractivity contribution in [2.45, 2.75) is 6.92 Å². The van der Waals surface area contributed by atoms with Crippen molar-refractivity contribution in [2.24, 2.45) is 0 Å². The number of hydrogen-bond acceptors (Lipinski definition) is 3. The van der Waals surface area contributed by atoms with Gasteiger partial charge in [-0.2, -0.15) is 0 Å². The third kappa shape index (κ3) is 3.03. The molecule has 0 N–H and O–H groups in total. The van der Waals surface area contributed by atoms with E-state index in [4.69, 9.17) is 21.1 Å². The van der Waals surface area contributed by atoms with Gasteiger partial charge in [0, 0.05) is 18.3 Å². The molecule has 0 unspecified atom stereocenters. The molecule has 0 atom stereocenters. The van der Waals surface area contributed by atoms with Gasteiger partial charge < -0.3 is 14.4 Å². The molecule has 17 heavy (non-hydrogen) atoms. The highest BCUT2D eigenvalue weighted by Crippen LogP contribution is 2.31. The minimum Gasteiger partial charge on any atom is -0.493 e. The van der Waals surface area contributed by atoms with E-state index in [1.807, 2.05) is 6.92 Å². The van der Waals surface area contributed by atoms with E-state index < -0.39 is 0 Å². The van der Waals surface area contributed by atoms with Crippen molar-refractivity contribution in [1.29, 1.82) is 0 Å². The van der Waals surface area contributed by atoms with Crippen LogP contribution in [-0.2, 0) is 4.79 Å². The van der Waals surface area contributed by atoms with Crippen LogP contribution in [0.25, 0.3) is 0 Å². The Labute approximate surface area is 106 Å². The van der Waals surface area contributed by atoms with Crippen LogP contribution in [-0.4, -0.2) is 32.6 Å². The number of rotatable bonds is 5. The van der Waals surface area contributed by atoms with Crippen molar-refractivity contribution in [2.75, 3.05) is 31.5 Å². The van der Waals surface area contributed by atoms with Gasteiger partial charge >= 0.3 is 0 Å². The third-order valence-electron chi connectivity index (χ3n) is 2.41. The van der Waals surface area contributed by atoms with E-state index in [0.717, 1.165) is 5.69 Å². The average Bonchev–Trinajstić information content (AvgIpc) is 2.38. The fourth-order valence-electron chi connectivity index (χ4n) is 1.57. The molecular weight excluding hydrogens is 242 g/mol. The molecule has 4 nitrogen and oxygen atoms in total. The summed E-state index contributed by atoms with van der Waals surface area (Å²) in [5, 5.41) is 0. The van der Waals surface area contributed by atoms with Gasteiger partial charge in [-0.1, -0.05) is 0 Å². The van der Waals surface area contributed by atoms with Crippen molar-refractivity contribution in [3.05, 3.63) is 18.2 Å². The van der Waals surface area contributed by atoms with Gasteiger partial charge in [-0.15, -0.1) is 11.6 Å². The molecule has 0 fully saturated rings. The van der Waals surface area contributed by atoms with Crippen molar-refractivity contribution in [1.82, 2.24) is 0 Å². The van der Waals surface area contributed by atoms with E-state index in [0.29, 0.717) is 18.0 Å². The Bertz CT molecular complexity index is 395. The van der Waals surface area contributed by atoms with Crippen LogP contribution in [0.5, 0.6) is 11.5 Å². The Balaban J connectivity index is 3.09. The van der Waals surface area contributed by atoms with E-state index >= 15 is 0 Å². The number of carbonyl (C=O) groups excluding carboxylic acids is 1. The van der Waals surface area contributed by atoms with Crippen LogP contribution in [0.15, 0.2) is 18.2 Å². The monoisotopic (exact) mass is 257 g/mol. The van der Waals surface area contributed by atoms with E-state index in [1.54, 1.807) is 37.3 Å². The molecule has 0 bridgehead atoms. The second kappa shape index (κ2) is 6.35. The Morgan fingerprint density at radius 1 is 1.29 bits per heavy atom. The maximum Gasteiger partial charge on any atom is 0.241 e. The summed E-state index contributed by atoms with van der Waals surface area (Å²) < 4.78 is 10.3. The van der Waals surface area contributed by atoms with E-state index in [2.05, 4.69) is 0 Å². The van der Waals surface area contributed by atoms with Gasteiger partial charge in [-0.3, -0.25) is 4.79 Å². The van der Waals surface area contributed by atoms with Gasteiger partial charge in [0.15, 0.2) is 11.5 Å². The predicted molar refractivity (Wildman–Crippen MR) is 68.3 cm³/mol. The highest BCUT2D eigenvalue weighted by molar-refractivity contribution is 6.29. The number of amides is 1. The zero-order valence-electron chi connectivity index (χ0n) is 10.2. The minimum absolute atomic E-state index is 0.0395. The molecule has 1 aromatic carbocycles. The SMILES string of the molecule is CCN(C(=O)CCl)c1ccc(OC)c(OC)c1. The summed E-state index contributed by atoms with van der Waals surface area (Å²) in [7, 11) is 3.13. The quantitative estimate of drug-likeness (QED) is 0.760. The van der Waals surface area contributed by atoms with Crippen LogP contribution in [0, 0.1) is 0 Å². The lowest BCUT2D eigenvalue weighted by Gasteiger charge is -2.21. The first-order chi connectivity index (χ1) is 8.17. The summed E-state index contributed by atoms with van der Waals surface area (Å²) in [5.41, 5.74) is 0.746. The molecule has 0 saturated heterocycles. The molecule has 1 amide bonds. The van der Waals surface area contributed by atoms with Crippen LogP contribution in [0.4, 0.5) is 5.69 Å². The van der Waals surface area contributed by atoms with Gasteiger partial charge in [0.1, 0.15) is 5.88 Å². The van der Waals surface area contributed by atoms with Gasteiger partial charge in [-0.05, 0) is 19.1 Å². The standard InChI is InChI=1S/C12H16ClNO3/c1-4-14(12(15)8-13)9-5-6-10(16-2)11(7-9)17-3/h5-7H,4,8H2,1-3H3. The molecule has 5 heteroatoms. The van der Waals surface area contributed by atoms with Crippen LogP contribution < -0.4 is 14.4 Å². The zero-order valence-corrected chi connectivity index (χ0v) is 11.0. The largest absolute Gasteiger partial charge is 0.493 e. The van der Waals surface area contributed by atoms with Crippen LogP contribution in [0.3, 0.4) is 0 Å². The summed E-state index contributed by atoms with van der Waals surface area (Å²) >= 11 is 5.56. The molecule has 0 aliphatic rings. The number of methoxy groups -OCH3 is 2. The number of anilines is 1. The second-order valence-corrected chi connectivity index (χ2v) is 3.58. The number of carbonyl (C=O) groups is 1. The summed E-state index contributed by atoms with van der Waals surface area (Å²) in [6.45, 7) is 2.45. The number of hydrogen-bond donors (Lipinski definition) is 0.